The zero-order valence-electron chi connectivity index (χ0n) is 14.1. The topological polar surface area (TPSA) is 45.2 Å². The first kappa shape index (κ1) is 17.0. The predicted octanol–water partition coefficient (Wildman–Crippen LogP) is 4.24. The lowest BCUT2D eigenvalue weighted by Gasteiger charge is -2.28. The molecule has 1 aromatic heterocycles. The van der Waals surface area contributed by atoms with Crippen molar-refractivity contribution in [1.29, 1.82) is 0 Å². The fourth-order valence-electron chi connectivity index (χ4n) is 3.41. The summed E-state index contributed by atoms with van der Waals surface area (Å²) in [6.07, 6.45) is 6.56. The van der Waals surface area contributed by atoms with Gasteiger partial charge in [0.05, 0.1) is 17.2 Å². The Balaban J connectivity index is 1.45. The average Bonchev–Trinajstić information content (AvgIpc) is 3.11. The molecule has 0 spiro atoms. The molecule has 1 atom stereocenters. The number of aromatic nitrogens is 1. The maximum Gasteiger partial charge on any atom is 0.263 e. The lowest BCUT2D eigenvalue weighted by atomic mass is 10.1. The lowest BCUT2D eigenvalue weighted by Crippen LogP contribution is -2.36. The van der Waals surface area contributed by atoms with Crippen molar-refractivity contribution in [2.24, 2.45) is 0 Å². The highest BCUT2D eigenvalue weighted by atomic mass is 35.5. The van der Waals surface area contributed by atoms with Crippen LogP contribution in [0.5, 0.6) is 0 Å². The Hall–Kier alpha value is -1.43. The molecule has 25 heavy (non-hydrogen) atoms. The number of carbonyl (C=O) groups excluding carboxylic acids is 1. The molecule has 1 aromatic carbocycles. The highest BCUT2D eigenvalue weighted by molar-refractivity contribution is 7.13. The van der Waals surface area contributed by atoms with E-state index >= 15 is 0 Å². The van der Waals surface area contributed by atoms with Crippen LogP contribution in [0.1, 0.15) is 57.9 Å². The summed E-state index contributed by atoms with van der Waals surface area (Å²) in [4.78, 5) is 20.1. The van der Waals surface area contributed by atoms with Crippen LogP contribution in [0.25, 0.3) is 0 Å². The Labute approximate surface area is 157 Å². The summed E-state index contributed by atoms with van der Waals surface area (Å²) in [6.45, 7) is 2.73. The molecule has 132 valence electrons. The van der Waals surface area contributed by atoms with Crippen LogP contribution in [-0.2, 0) is 0 Å². The second kappa shape index (κ2) is 7.44. The molecule has 1 unspecified atom stereocenters. The second-order valence-corrected chi connectivity index (χ2v) is 8.36. The van der Waals surface area contributed by atoms with Crippen molar-refractivity contribution in [3.8, 4) is 0 Å². The van der Waals surface area contributed by atoms with E-state index in [0.717, 1.165) is 28.7 Å². The third kappa shape index (κ3) is 4.05. The van der Waals surface area contributed by atoms with Crippen LogP contribution in [0.3, 0.4) is 0 Å². The van der Waals surface area contributed by atoms with E-state index < -0.39 is 0 Å². The monoisotopic (exact) mass is 375 g/mol. The first-order valence-corrected chi connectivity index (χ1v) is 10.1. The highest BCUT2D eigenvalue weighted by Gasteiger charge is 2.28. The Morgan fingerprint density at radius 3 is 2.88 bits per heavy atom. The zero-order chi connectivity index (χ0) is 17.2. The molecule has 2 heterocycles. The molecule has 1 saturated carbocycles. The number of carbonyl (C=O) groups is 1. The van der Waals surface area contributed by atoms with E-state index in [1.54, 1.807) is 6.20 Å². The summed E-state index contributed by atoms with van der Waals surface area (Å²) >= 11 is 7.72. The molecule has 4 nitrogen and oxygen atoms in total. The van der Waals surface area contributed by atoms with Crippen molar-refractivity contribution in [2.45, 2.75) is 37.6 Å². The van der Waals surface area contributed by atoms with Crippen molar-refractivity contribution in [2.75, 3.05) is 19.6 Å². The standard InChI is InChI=1S/C19H22ClN3OS/c20-15-5-3-4-14(10-15)16(23-8-1-2-9-23)11-21-18(24)17-12-22-19(25-17)13-6-7-13/h3-5,10,12-13,16H,1-2,6-9,11H2,(H,21,24). The molecule has 1 aliphatic heterocycles. The minimum absolute atomic E-state index is 0.0179. The third-order valence-electron chi connectivity index (χ3n) is 4.94. The number of thiazole rings is 1. The molecular formula is C19H22ClN3OS. The molecule has 2 aromatic rings. The van der Waals surface area contributed by atoms with Gasteiger partial charge in [-0.25, -0.2) is 4.98 Å². The van der Waals surface area contributed by atoms with Gasteiger partial charge < -0.3 is 5.32 Å². The number of hydrogen-bond donors (Lipinski definition) is 1. The van der Waals surface area contributed by atoms with E-state index in [0.29, 0.717) is 17.3 Å². The van der Waals surface area contributed by atoms with Gasteiger partial charge in [0.2, 0.25) is 0 Å². The largest absolute Gasteiger partial charge is 0.349 e. The summed E-state index contributed by atoms with van der Waals surface area (Å²) < 4.78 is 0. The number of benzene rings is 1. The normalized spacial score (nSPS) is 19.1. The molecule has 0 bridgehead atoms. The van der Waals surface area contributed by atoms with Crippen LogP contribution in [0, 0.1) is 0 Å². The summed E-state index contributed by atoms with van der Waals surface area (Å²) in [5.41, 5.74) is 1.16. The van der Waals surface area contributed by atoms with E-state index in [4.69, 9.17) is 11.6 Å². The Morgan fingerprint density at radius 2 is 2.16 bits per heavy atom. The van der Waals surface area contributed by atoms with E-state index in [9.17, 15) is 4.79 Å². The Kier molecular flexibility index (Phi) is 5.06. The molecule has 6 heteroatoms. The fourth-order valence-corrected chi connectivity index (χ4v) is 4.62. The van der Waals surface area contributed by atoms with Crippen LogP contribution < -0.4 is 5.32 Å². The van der Waals surface area contributed by atoms with Gasteiger partial charge in [-0.2, -0.15) is 0 Å². The van der Waals surface area contributed by atoms with Gasteiger partial charge in [-0.3, -0.25) is 9.69 Å². The van der Waals surface area contributed by atoms with Crippen molar-refractivity contribution >= 4 is 28.8 Å². The average molecular weight is 376 g/mol. The minimum Gasteiger partial charge on any atom is -0.349 e. The van der Waals surface area contributed by atoms with Gasteiger partial charge >= 0.3 is 0 Å². The Morgan fingerprint density at radius 1 is 1.36 bits per heavy atom. The lowest BCUT2D eigenvalue weighted by molar-refractivity contribution is 0.0942. The van der Waals surface area contributed by atoms with E-state index in [-0.39, 0.29) is 11.9 Å². The molecule has 1 amide bonds. The SMILES string of the molecule is O=C(NCC(c1cccc(Cl)c1)N1CCCC1)c1cnc(C2CC2)s1. The Bertz CT molecular complexity index is 753. The number of amides is 1. The van der Waals surface area contributed by atoms with Crippen LogP contribution in [0.4, 0.5) is 0 Å². The predicted molar refractivity (Wildman–Crippen MR) is 101 cm³/mol. The number of nitrogens with zero attached hydrogens (tertiary/aromatic N) is 2. The van der Waals surface area contributed by atoms with Gasteiger partial charge in [0.15, 0.2) is 0 Å². The zero-order valence-corrected chi connectivity index (χ0v) is 15.7. The summed E-state index contributed by atoms with van der Waals surface area (Å²) in [7, 11) is 0. The first-order chi connectivity index (χ1) is 12.2. The van der Waals surface area contributed by atoms with Gasteiger partial charge in [-0.15, -0.1) is 11.3 Å². The van der Waals surface area contributed by atoms with E-state index in [1.807, 2.05) is 18.2 Å². The molecule has 2 aliphatic rings. The molecule has 0 radical (unpaired) electrons. The number of halogens is 1. The van der Waals surface area contributed by atoms with Crippen LogP contribution in [0.2, 0.25) is 5.02 Å². The van der Waals surface area contributed by atoms with Crippen LogP contribution >= 0.6 is 22.9 Å². The van der Waals surface area contributed by atoms with Gasteiger partial charge in [-0.05, 0) is 56.5 Å². The van der Waals surface area contributed by atoms with Gasteiger partial charge in [0.1, 0.15) is 4.88 Å². The first-order valence-electron chi connectivity index (χ1n) is 8.94. The maximum atomic E-state index is 12.5. The fraction of sp³-hybridized carbons (Fsp3) is 0.474. The summed E-state index contributed by atoms with van der Waals surface area (Å²) in [5, 5.41) is 4.96. The van der Waals surface area contributed by atoms with E-state index in [2.05, 4.69) is 21.3 Å². The maximum absolute atomic E-state index is 12.5. The minimum atomic E-state index is -0.0179. The van der Waals surface area contributed by atoms with Gasteiger partial charge in [0, 0.05) is 17.5 Å². The number of rotatable bonds is 6. The second-order valence-electron chi connectivity index (χ2n) is 6.86. The molecule has 2 fully saturated rings. The van der Waals surface area contributed by atoms with Gasteiger partial charge in [0.25, 0.3) is 5.91 Å². The van der Waals surface area contributed by atoms with Crippen molar-refractivity contribution in [3.63, 3.8) is 0 Å². The van der Waals surface area contributed by atoms with E-state index in [1.165, 1.54) is 37.0 Å². The van der Waals surface area contributed by atoms with Crippen molar-refractivity contribution in [3.05, 3.63) is 50.9 Å². The third-order valence-corrected chi connectivity index (χ3v) is 6.34. The van der Waals surface area contributed by atoms with Crippen LogP contribution in [0.15, 0.2) is 30.5 Å². The summed E-state index contributed by atoms with van der Waals surface area (Å²) in [6, 6.07) is 8.14. The van der Waals surface area contributed by atoms with Crippen molar-refractivity contribution in [1.82, 2.24) is 15.2 Å². The quantitative estimate of drug-likeness (QED) is 0.821. The molecule has 1 aliphatic carbocycles. The number of hydrogen-bond acceptors (Lipinski definition) is 4. The molecule has 1 saturated heterocycles. The smallest absolute Gasteiger partial charge is 0.263 e. The molecular weight excluding hydrogens is 354 g/mol. The summed E-state index contributed by atoms with van der Waals surface area (Å²) in [5.74, 6) is 0.575. The highest BCUT2D eigenvalue weighted by Crippen LogP contribution is 2.41. The molecule has 4 rings (SSSR count). The van der Waals surface area contributed by atoms with Crippen molar-refractivity contribution < 1.29 is 4.79 Å². The number of nitrogens with one attached hydrogen (secondary N) is 1. The number of likely N-dealkylation sites (tertiary alicyclic amines) is 1. The van der Waals surface area contributed by atoms with Crippen LogP contribution in [-0.4, -0.2) is 35.4 Å². The van der Waals surface area contributed by atoms with Gasteiger partial charge in [-0.1, -0.05) is 23.7 Å². The molecule has 1 N–H and O–H groups in total.